The molecule has 0 radical (unpaired) electrons. The van der Waals surface area contributed by atoms with Gasteiger partial charge in [0.25, 0.3) is 10.0 Å². The summed E-state index contributed by atoms with van der Waals surface area (Å²) in [6.45, 7) is 0. The maximum atomic E-state index is 12.1. The molecule has 1 aromatic carbocycles. The second-order valence-electron chi connectivity index (χ2n) is 3.47. The van der Waals surface area contributed by atoms with Crippen LogP contribution in [0.25, 0.3) is 0 Å². The van der Waals surface area contributed by atoms with Crippen molar-refractivity contribution in [2.75, 3.05) is 4.72 Å². The highest BCUT2D eigenvalue weighted by atomic mass is 35.5. The Labute approximate surface area is 115 Å². The number of halogens is 2. The Morgan fingerprint density at radius 1 is 1.06 bits per heavy atom. The maximum absolute atomic E-state index is 12.1. The number of sulfonamides is 1. The Kier molecular flexibility index (Phi) is 3.75. The van der Waals surface area contributed by atoms with Crippen LogP contribution in [0.4, 0.5) is 5.69 Å². The summed E-state index contributed by atoms with van der Waals surface area (Å²) in [5.74, 6) is 0. The molecule has 1 aromatic heterocycles. The highest BCUT2D eigenvalue weighted by Gasteiger charge is 2.18. The first kappa shape index (κ1) is 13.1. The molecule has 2 rings (SSSR count). The lowest BCUT2D eigenvalue weighted by atomic mass is 10.4. The summed E-state index contributed by atoms with van der Waals surface area (Å²) in [7, 11) is -3.75. The summed E-state index contributed by atoms with van der Waals surface area (Å²) in [5, 5.41) is 0.426. The predicted molar refractivity (Wildman–Crippen MR) is 70.3 cm³/mol. The van der Waals surface area contributed by atoms with E-state index < -0.39 is 10.0 Å². The van der Waals surface area contributed by atoms with Gasteiger partial charge in [-0.25, -0.2) is 13.4 Å². The van der Waals surface area contributed by atoms with E-state index in [4.69, 9.17) is 23.2 Å². The maximum Gasteiger partial charge on any atom is 0.263 e. The minimum Gasteiger partial charge on any atom is -0.279 e. The molecule has 2 N–H and O–H groups in total. The van der Waals surface area contributed by atoms with Crippen LogP contribution in [0.3, 0.4) is 0 Å². The van der Waals surface area contributed by atoms with Gasteiger partial charge in [-0.05, 0) is 18.2 Å². The summed E-state index contributed by atoms with van der Waals surface area (Å²) < 4.78 is 26.6. The highest BCUT2D eigenvalue weighted by Crippen LogP contribution is 2.26. The SMILES string of the molecule is O=S(=O)(Nc1cc[nH+]cc1)c1cc(Cl)ccc1Cl. The first-order valence-corrected chi connectivity index (χ1v) is 7.17. The minimum atomic E-state index is -3.75. The summed E-state index contributed by atoms with van der Waals surface area (Å²) in [5.41, 5.74) is 0.435. The van der Waals surface area contributed by atoms with Crippen LogP contribution in [-0.4, -0.2) is 8.42 Å². The zero-order valence-corrected chi connectivity index (χ0v) is 11.4. The van der Waals surface area contributed by atoms with Crippen LogP contribution in [-0.2, 0) is 10.0 Å². The van der Waals surface area contributed by atoms with Crippen molar-refractivity contribution < 1.29 is 13.4 Å². The molecule has 0 aliphatic rings. The van der Waals surface area contributed by atoms with Crippen molar-refractivity contribution in [3.05, 3.63) is 52.8 Å². The molecule has 7 heteroatoms. The van der Waals surface area contributed by atoms with Crippen LogP contribution in [0.2, 0.25) is 10.0 Å². The number of benzene rings is 1. The molecule has 0 fully saturated rings. The smallest absolute Gasteiger partial charge is 0.263 e. The lowest BCUT2D eigenvalue weighted by molar-refractivity contribution is -0.377. The van der Waals surface area contributed by atoms with Gasteiger partial charge in [-0.2, -0.15) is 0 Å². The van der Waals surface area contributed by atoms with E-state index in [0.29, 0.717) is 10.7 Å². The van der Waals surface area contributed by atoms with Crippen molar-refractivity contribution in [2.45, 2.75) is 4.90 Å². The van der Waals surface area contributed by atoms with Crippen molar-refractivity contribution in [3.63, 3.8) is 0 Å². The van der Waals surface area contributed by atoms with E-state index in [1.54, 1.807) is 24.5 Å². The van der Waals surface area contributed by atoms with Gasteiger partial charge in [0.2, 0.25) is 0 Å². The molecule has 0 aliphatic carbocycles. The summed E-state index contributed by atoms with van der Waals surface area (Å²) in [4.78, 5) is 2.75. The van der Waals surface area contributed by atoms with Gasteiger partial charge in [-0.3, -0.25) is 4.72 Å². The minimum absolute atomic E-state index is 0.0514. The monoisotopic (exact) mass is 303 g/mol. The Morgan fingerprint density at radius 3 is 2.39 bits per heavy atom. The lowest BCUT2D eigenvalue weighted by Gasteiger charge is -2.08. The quantitative estimate of drug-likeness (QED) is 0.947. The summed E-state index contributed by atoms with van der Waals surface area (Å²) in [6.07, 6.45) is 3.22. The molecular weight excluding hydrogens is 295 g/mol. The van der Waals surface area contributed by atoms with Crippen LogP contribution in [0, 0.1) is 0 Å². The van der Waals surface area contributed by atoms with Crippen molar-refractivity contribution >= 4 is 38.9 Å². The van der Waals surface area contributed by atoms with Gasteiger partial charge < -0.3 is 0 Å². The van der Waals surface area contributed by atoms with Crippen LogP contribution in [0.5, 0.6) is 0 Å². The third-order valence-corrected chi connectivity index (χ3v) is 4.25. The van der Waals surface area contributed by atoms with Gasteiger partial charge in [0, 0.05) is 17.2 Å². The molecule has 2 aromatic rings. The Morgan fingerprint density at radius 2 is 1.72 bits per heavy atom. The van der Waals surface area contributed by atoms with Crippen molar-refractivity contribution in [1.82, 2.24) is 0 Å². The standard InChI is InChI=1S/C11H8Cl2N2O2S/c12-8-1-2-10(13)11(7-8)18(16,17)15-9-3-5-14-6-4-9/h1-7H,(H,14,15)/p+1. The fourth-order valence-corrected chi connectivity index (χ4v) is 3.17. The van der Waals surface area contributed by atoms with E-state index in [-0.39, 0.29) is 9.92 Å². The molecule has 18 heavy (non-hydrogen) atoms. The van der Waals surface area contributed by atoms with Gasteiger partial charge in [-0.15, -0.1) is 0 Å². The molecule has 0 amide bonds. The zero-order chi connectivity index (χ0) is 13.2. The van der Waals surface area contributed by atoms with Gasteiger partial charge >= 0.3 is 0 Å². The predicted octanol–water partition coefficient (Wildman–Crippen LogP) is 2.61. The van der Waals surface area contributed by atoms with E-state index in [9.17, 15) is 8.42 Å². The number of rotatable bonds is 3. The topological polar surface area (TPSA) is 60.3 Å². The molecule has 94 valence electrons. The number of hydrogen-bond acceptors (Lipinski definition) is 2. The molecule has 0 bridgehead atoms. The largest absolute Gasteiger partial charge is 0.279 e. The first-order chi connectivity index (χ1) is 8.49. The number of H-pyrrole nitrogens is 1. The number of aromatic nitrogens is 1. The fraction of sp³-hybridized carbons (Fsp3) is 0. The molecule has 0 saturated carbocycles. The van der Waals surface area contributed by atoms with Crippen molar-refractivity contribution in [1.29, 1.82) is 0 Å². The van der Waals surface area contributed by atoms with Gasteiger partial charge in [-0.1, -0.05) is 23.2 Å². The molecule has 0 saturated heterocycles. The number of hydrogen-bond donors (Lipinski definition) is 1. The summed E-state index contributed by atoms with van der Waals surface area (Å²) in [6, 6.07) is 7.46. The van der Waals surface area contributed by atoms with Crippen molar-refractivity contribution in [2.24, 2.45) is 0 Å². The third kappa shape index (κ3) is 2.93. The second-order valence-corrected chi connectivity index (χ2v) is 5.96. The molecule has 0 aliphatic heterocycles. The molecule has 4 nitrogen and oxygen atoms in total. The number of anilines is 1. The van der Waals surface area contributed by atoms with E-state index in [0.717, 1.165) is 0 Å². The zero-order valence-electron chi connectivity index (χ0n) is 9.02. The highest BCUT2D eigenvalue weighted by molar-refractivity contribution is 7.92. The normalized spacial score (nSPS) is 11.2. The average molecular weight is 304 g/mol. The molecule has 0 spiro atoms. The molecule has 0 atom stereocenters. The molecule has 0 unspecified atom stereocenters. The van der Waals surface area contributed by atoms with E-state index in [1.807, 2.05) is 0 Å². The van der Waals surface area contributed by atoms with Gasteiger partial charge in [0.05, 0.1) is 10.7 Å². The third-order valence-electron chi connectivity index (χ3n) is 2.15. The number of aromatic amines is 1. The van der Waals surface area contributed by atoms with E-state index in [2.05, 4.69) is 9.71 Å². The van der Waals surface area contributed by atoms with E-state index in [1.165, 1.54) is 18.2 Å². The second kappa shape index (κ2) is 5.14. The number of pyridine rings is 1. The Balaban J connectivity index is 2.40. The number of nitrogens with one attached hydrogen (secondary N) is 2. The van der Waals surface area contributed by atoms with E-state index >= 15 is 0 Å². The van der Waals surface area contributed by atoms with Crippen LogP contribution < -0.4 is 9.71 Å². The van der Waals surface area contributed by atoms with Crippen LogP contribution >= 0.6 is 23.2 Å². The van der Waals surface area contributed by atoms with Gasteiger partial charge in [0.15, 0.2) is 12.4 Å². The van der Waals surface area contributed by atoms with Crippen LogP contribution in [0.1, 0.15) is 0 Å². The molecule has 1 heterocycles. The van der Waals surface area contributed by atoms with Crippen molar-refractivity contribution in [3.8, 4) is 0 Å². The Hall–Kier alpha value is -1.30. The van der Waals surface area contributed by atoms with Crippen LogP contribution in [0.15, 0.2) is 47.6 Å². The summed E-state index contributed by atoms with van der Waals surface area (Å²) >= 11 is 11.6. The Bertz CT molecular complexity index is 660. The first-order valence-electron chi connectivity index (χ1n) is 4.93. The molecular formula is C11H9Cl2N2O2S+. The lowest BCUT2D eigenvalue weighted by Crippen LogP contribution is -2.14. The average Bonchev–Trinajstić information content (AvgIpc) is 2.33. The van der Waals surface area contributed by atoms with Gasteiger partial charge in [0.1, 0.15) is 4.90 Å². The fourth-order valence-electron chi connectivity index (χ4n) is 1.35.